The first-order chi connectivity index (χ1) is 27.5. The van der Waals surface area contributed by atoms with Gasteiger partial charge in [-0.25, -0.2) is 21.7 Å². The summed E-state index contributed by atoms with van der Waals surface area (Å²) in [5.41, 5.74) is 37.4. The summed E-state index contributed by atoms with van der Waals surface area (Å²) < 4.78 is 0. The van der Waals surface area contributed by atoms with E-state index in [1.54, 1.807) is 101 Å². The number of nitrogens with zero attached hydrogens (tertiary/aromatic N) is 5. The number of hydrogen-bond donors (Lipinski definition) is 14. The Morgan fingerprint density at radius 1 is 0.466 bits per heavy atom. The molecule has 298 valence electrons. The SMILES string of the molecule is C/C(=N/NC(=N)N)c1cc(NC(=O)c2cc(C(=O)Nc3cc(/C(C)=N\NC(=N)N)cc(/C(C)=N/NC(=N)N)c3)cc(-c3ccncc3)c2)cc(/C(C)=N\NC(=N)N)c1. The van der Waals surface area contributed by atoms with E-state index in [0.717, 1.165) is 0 Å². The third-order valence-corrected chi connectivity index (χ3v) is 7.90. The van der Waals surface area contributed by atoms with Gasteiger partial charge < -0.3 is 33.6 Å². The number of benzene rings is 3. The Bertz CT molecular complexity index is 2160. The van der Waals surface area contributed by atoms with Gasteiger partial charge in [0, 0.05) is 57.1 Å². The first-order valence-corrected chi connectivity index (χ1v) is 17.1. The average molecular weight is 786 g/mol. The van der Waals surface area contributed by atoms with Gasteiger partial charge >= 0.3 is 0 Å². The second-order valence-corrected chi connectivity index (χ2v) is 12.4. The van der Waals surface area contributed by atoms with Crippen molar-refractivity contribution in [1.82, 2.24) is 26.7 Å². The Labute approximate surface area is 332 Å². The molecule has 18 N–H and O–H groups in total. The summed E-state index contributed by atoms with van der Waals surface area (Å²) in [4.78, 5) is 32.2. The number of guanidine groups is 4. The van der Waals surface area contributed by atoms with E-state index in [9.17, 15) is 9.59 Å². The number of hydrazone groups is 4. The fourth-order valence-corrected chi connectivity index (χ4v) is 5.08. The number of amides is 2. The molecule has 0 saturated heterocycles. The molecule has 1 aromatic heterocycles. The number of hydrogen-bond acceptors (Lipinski definition) is 11. The molecule has 0 aliphatic heterocycles. The van der Waals surface area contributed by atoms with E-state index in [1.807, 2.05) is 0 Å². The van der Waals surface area contributed by atoms with Crippen molar-refractivity contribution in [2.24, 2.45) is 43.3 Å². The summed E-state index contributed by atoms with van der Waals surface area (Å²) in [6, 6.07) is 18.3. The highest BCUT2D eigenvalue weighted by Crippen LogP contribution is 2.25. The Hall–Kier alpha value is -8.49. The van der Waals surface area contributed by atoms with Crippen LogP contribution in [-0.4, -0.2) is 63.5 Å². The molecule has 0 saturated carbocycles. The second-order valence-electron chi connectivity index (χ2n) is 12.4. The summed E-state index contributed by atoms with van der Waals surface area (Å²) in [5.74, 6) is -2.59. The molecule has 58 heavy (non-hydrogen) atoms. The molecule has 21 heteroatoms. The van der Waals surface area contributed by atoms with Gasteiger partial charge in [0.15, 0.2) is 0 Å². The van der Waals surface area contributed by atoms with Crippen molar-refractivity contribution in [3.8, 4) is 11.1 Å². The summed E-state index contributed by atoms with van der Waals surface area (Å²) in [6.45, 7) is 6.71. The summed E-state index contributed by atoms with van der Waals surface area (Å²) in [6.07, 6.45) is 3.18. The minimum Gasteiger partial charge on any atom is -0.369 e. The van der Waals surface area contributed by atoms with Crippen molar-refractivity contribution >= 4 is 69.9 Å². The smallest absolute Gasteiger partial charge is 0.255 e. The molecule has 1 heterocycles. The van der Waals surface area contributed by atoms with Crippen molar-refractivity contribution in [2.75, 3.05) is 10.6 Å². The van der Waals surface area contributed by atoms with Gasteiger partial charge in [0.1, 0.15) is 0 Å². The van der Waals surface area contributed by atoms with Gasteiger partial charge in [0.05, 0.1) is 22.8 Å². The zero-order valence-electron chi connectivity index (χ0n) is 31.9. The second kappa shape index (κ2) is 19.2. The molecular formula is C37H43N19O2. The molecule has 4 aromatic rings. The van der Waals surface area contributed by atoms with Crippen LogP contribution in [0.15, 0.2) is 99.5 Å². The minimum absolute atomic E-state index is 0.143. The van der Waals surface area contributed by atoms with E-state index in [2.05, 4.69) is 57.7 Å². The Morgan fingerprint density at radius 3 is 1.05 bits per heavy atom. The number of nitrogens with one attached hydrogen (secondary N) is 10. The van der Waals surface area contributed by atoms with E-state index in [-0.39, 0.29) is 35.0 Å². The van der Waals surface area contributed by atoms with Crippen LogP contribution in [0.3, 0.4) is 0 Å². The first-order valence-electron chi connectivity index (χ1n) is 17.1. The van der Waals surface area contributed by atoms with Crippen molar-refractivity contribution in [2.45, 2.75) is 27.7 Å². The van der Waals surface area contributed by atoms with Gasteiger partial charge in [0.2, 0.25) is 23.8 Å². The van der Waals surface area contributed by atoms with Crippen molar-refractivity contribution in [3.05, 3.63) is 113 Å². The van der Waals surface area contributed by atoms with Crippen LogP contribution in [0.1, 0.15) is 70.7 Å². The highest BCUT2D eigenvalue weighted by molar-refractivity contribution is 6.12. The Kier molecular flexibility index (Phi) is 14.0. The highest BCUT2D eigenvalue weighted by Gasteiger charge is 2.17. The van der Waals surface area contributed by atoms with Gasteiger partial charge in [-0.1, -0.05) is 0 Å². The van der Waals surface area contributed by atoms with Gasteiger partial charge in [0.25, 0.3) is 11.8 Å². The predicted molar refractivity (Wildman–Crippen MR) is 228 cm³/mol. The molecule has 0 aliphatic rings. The monoisotopic (exact) mass is 785 g/mol. The van der Waals surface area contributed by atoms with E-state index in [0.29, 0.717) is 67.6 Å². The van der Waals surface area contributed by atoms with Gasteiger partial charge in [-0.05, 0) is 106 Å². The van der Waals surface area contributed by atoms with E-state index in [4.69, 9.17) is 44.6 Å². The van der Waals surface area contributed by atoms with Crippen LogP contribution in [0, 0.1) is 21.6 Å². The zero-order valence-corrected chi connectivity index (χ0v) is 31.9. The average Bonchev–Trinajstić information content (AvgIpc) is 3.19. The molecule has 0 fully saturated rings. The topological polar surface area (TPSA) is 368 Å². The standard InChI is InChI=1S/C37H43N19O2/c1-18(49-53-34(38)39)23-9-24(19(2)50-54-35(40)41)15-30(14-23)47-32(57)28-11-27(22-5-7-46-8-6-22)12-29(13-28)33(58)48-31-16-25(20(3)51-55-36(42)43)10-26(17-31)21(4)52-56-37(44)45/h5-17H,1-4H3,(H,47,57)(H,48,58)(H4,38,39,53)(H4,40,41,54)(H4,42,43,55)(H4,44,45,56)/b49-18-,50-19-,51-20-,52-21+. The van der Waals surface area contributed by atoms with Crippen molar-refractivity contribution in [1.29, 1.82) is 21.6 Å². The summed E-state index contributed by atoms with van der Waals surface area (Å²) >= 11 is 0. The molecular weight excluding hydrogens is 743 g/mol. The van der Waals surface area contributed by atoms with Gasteiger partial charge in [-0.3, -0.25) is 36.2 Å². The molecule has 21 nitrogen and oxygen atoms in total. The maximum Gasteiger partial charge on any atom is 0.255 e. The van der Waals surface area contributed by atoms with Gasteiger partial charge in [-0.15, -0.1) is 0 Å². The predicted octanol–water partition coefficient (Wildman–Crippen LogP) is 2.08. The summed E-state index contributed by atoms with van der Waals surface area (Å²) in [5, 5.41) is 52.1. The fourth-order valence-electron chi connectivity index (χ4n) is 5.08. The third-order valence-electron chi connectivity index (χ3n) is 7.90. The van der Waals surface area contributed by atoms with Crippen LogP contribution in [0.25, 0.3) is 11.1 Å². The maximum absolute atomic E-state index is 14.1. The lowest BCUT2D eigenvalue weighted by atomic mass is 9.99. The molecule has 0 unspecified atom stereocenters. The number of carbonyl (C=O) groups excluding carboxylic acids is 2. The van der Waals surface area contributed by atoms with Crippen LogP contribution in [0.4, 0.5) is 11.4 Å². The number of anilines is 2. The molecule has 4 rings (SSSR count). The maximum atomic E-state index is 14.1. The Morgan fingerprint density at radius 2 is 0.759 bits per heavy atom. The minimum atomic E-state index is -0.556. The van der Waals surface area contributed by atoms with Crippen LogP contribution in [0.5, 0.6) is 0 Å². The quantitative estimate of drug-likeness (QED) is 0.0528. The lowest BCUT2D eigenvalue weighted by Gasteiger charge is -2.14. The van der Waals surface area contributed by atoms with E-state index >= 15 is 0 Å². The molecule has 0 spiro atoms. The number of aromatic nitrogens is 1. The van der Waals surface area contributed by atoms with E-state index < -0.39 is 11.8 Å². The number of rotatable bonds is 13. The normalized spacial score (nSPS) is 11.9. The fraction of sp³-hybridized carbons (Fsp3) is 0.108. The number of pyridine rings is 1. The van der Waals surface area contributed by atoms with Crippen LogP contribution < -0.4 is 55.3 Å². The molecule has 0 radical (unpaired) electrons. The molecule has 3 aromatic carbocycles. The lowest BCUT2D eigenvalue weighted by molar-refractivity contribution is 0.102. The van der Waals surface area contributed by atoms with Crippen molar-refractivity contribution < 1.29 is 9.59 Å². The molecule has 0 aliphatic carbocycles. The molecule has 0 bridgehead atoms. The zero-order chi connectivity index (χ0) is 42.5. The molecule has 2 amide bonds. The van der Waals surface area contributed by atoms with Crippen LogP contribution >= 0.6 is 0 Å². The number of nitrogens with two attached hydrogens (primary N) is 4. The van der Waals surface area contributed by atoms with E-state index in [1.165, 1.54) is 6.07 Å². The third kappa shape index (κ3) is 12.3. The van der Waals surface area contributed by atoms with Gasteiger partial charge in [-0.2, -0.15) is 20.4 Å². The highest BCUT2D eigenvalue weighted by atomic mass is 16.2. The number of carbonyl (C=O) groups is 2. The molecule has 0 atom stereocenters. The summed E-state index contributed by atoms with van der Waals surface area (Å²) in [7, 11) is 0. The van der Waals surface area contributed by atoms with Crippen LogP contribution in [-0.2, 0) is 0 Å². The lowest BCUT2D eigenvalue weighted by Crippen LogP contribution is -2.27. The Balaban J connectivity index is 1.78. The van der Waals surface area contributed by atoms with Crippen LogP contribution in [0.2, 0.25) is 0 Å². The van der Waals surface area contributed by atoms with Crippen molar-refractivity contribution in [3.63, 3.8) is 0 Å². The largest absolute Gasteiger partial charge is 0.369 e. The first kappa shape index (κ1) is 42.3.